The second-order valence-electron chi connectivity index (χ2n) is 6.22. The predicted octanol–water partition coefficient (Wildman–Crippen LogP) is 4.51. The van der Waals surface area contributed by atoms with Crippen LogP contribution in [-0.4, -0.2) is 20.7 Å². The van der Waals surface area contributed by atoms with Crippen molar-refractivity contribution in [2.75, 3.05) is 5.32 Å². The number of halogens is 1. The summed E-state index contributed by atoms with van der Waals surface area (Å²) in [5.41, 5.74) is 1.09. The highest BCUT2D eigenvalue weighted by Gasteiger charge is 2.14. The number of rotatable bonds is 7. The summed E-state index contributed by atoms with van der Waals surface area (Å²) in [5.74, 6) is 1.20. The van der Waals surface area contributed by atoms with Gasteiger partial charge in [-0.25, -0.2) is 9.67 Å². The van der Waals surface area contributed by atoms with Crippen molar-refractivity contribution in [3.05, 3.63) is 94.6 Å². The van der Waals surface area contributed by atoms with Crippen molar-refractivity contribution in [3.8, 4) is 5.75 Å². The molecule has 0 unspecified atom stereocenters. The highest BCUT2D eigenvalue weighted by atomic mass is 79.9. The van der Waals surface area contributed by atoms with Gasteiger partial charge in [0.25, 0.3) is 5.91 Å². The summed E-state index contributed by atoms with van der Waals surface area (Å²) in [4.78, 5) is 16.5. The lowest BCUT2D eigenvalue weighted by atomic mass is 10.2. The number of anilines is 1. The van der Waals surface area contributed by atoms with Crippen molar-refractivity contribution in [3.63, 3.8) is 0 Å². The molecule has 1 N–H and O–H groups in total. The first-order chi connectivity index (χ1) is 14.2. The topological polar surface area (TPSA) is 82.2 Å². The lowest BCUT2D eigenvalue weighted by Gasteiger charge is -2.04. The summed E-state index contributed by atoms with van der Waals surface area (Å²) >= 11 is 3.39. The zero-order valence-electron chi connectivity index (χ0n) is 15.3. The molecule has 0 aliphatic heterocycles. The second-order valence-corrected chi connectivity index (χ2v) is 7.13. The SMILES string of the molecule is O=C(Nc1ncn(Cc2ccccc2)n1)c1ccc(COc2cccc(Br)c2)o1. The quantitative estimate of drug-likeness (QED) is 0.445. The fraction of sp³-hybridized carbons (Fsp3) is 0.0952. The molecule has 8 heteroatoms. The normalized spacial score (nSPS) is 10.7. The minimum absolute atomic E-state index is 0.164. The van der Waals surface area contributed by atoms with Crippen molar-refractivity contribution < 1.29 is 13.9 Å². The molecule has 0 saturated heterocycles. The van der Waals surface area contributed by atoms with Crippen LogP contribution in [0.15, 0.2) is 81.9 Å². The summed E-state index contributed by atoms with van der Waals surface area (Å²) in [6.45, 7) is 0.787. The van der Waals surface area contributed by atoms with Gasteiger partial charge in [0.15, 0.2) is 5.76 Å². The number of furan rings is 1. The highest BCUT2D eigenvalue weighted by molar-refractivity contribution is 9.10. The van der Waals surface area contributed by atoms with E-state index >= 15 is 0 Å². The number of hydrogen-bond donors (Lipinski definition) is 1. The van der Waals surface area contributed by atoms with Crippen LogP contribution < -0.4 is 10.1 Å². The average Bonchev–Trinajstić information content (AvgIpc) is 3.37. The molecule has 0 saturated carbocycles. The fourth-order valence-corrected chi connectivity index (χ4v) is 3.03. The number of carbonyl (C=O) groups excluding carboxylic acids is 1. The van der Waals surface area contributed by atoms with Crippen LogP contribution in [0, 0.1) is 0 Å². The van der Waals surface area contributed by atoms with E-state index in [9.17, 15) is 4.79 Å². The molecule has 0 aliphatic carbocycles. The van der Waals surface area contributed by atoms with Gasteiger partial charge in [0.05, 0.1) is 6.54 Å². The van der Waals surface area contributed by atoms with Gasteiger partial charge in [-0.05, 0) is 35.9 Å². The van der Waals surface area contributed by atoms with Crippen LogP contribution in [0.25, 0.3) is 0 Å². The molecule has 146 valence electrons. The Kier molecular flexibility index (Phi) is 5.71. The Labute approximate surface area is 175 Å². The minimum atomic E-state index is -0.420. The van der Waals surface area contributed by atoms with Gasteiger partial charge in [-0.3, -0.25) is 10.1 Å². The number of amides is 1. The third kappa shape index (κ3) is 5.11. The number of carbonyl (C=O) groups is 1. The largest absolute Gasteiger partial charge is 0.486 e. The summed E-state index contributed by atoms with van der Waals surface area (Å²) in [6.07, 6.45) is 1.57. The molecule has 4 rings (SSSR count). The maximum absolute atomic E-state index is 12.4. The second kappa shape index (κ2) is 8.74. The van der Waals surface area contributed by atoms with Crippen molar-refractivity contribution in [1.29, 1.82) is 0 Å². The molecule has 2 heterocycles. The van der Waals surface area contributed by atoms with Gasteiger partial charge in [-0.1, -0.05) is 52.3 Å². The van der Waals surface area contributed by atoms with Crippen molar-refractivity contribution in [2.24, 2.45) is 0 Å². The Hall–Kier alpha value is -3.39. The molecular formula is C21H17BrN4O3. The van der Waals surface area contributed by atoms with Crippen LogP contribution in [0.1, 0.15) is 21.9 Å². The van der Waals surface area contributed by atoms with Gasteiger partial charge >= 0.3 is 0 Å². The summed E-state index contributed by atoms with van der Waals surface area (Å²) in [5, 5.41) is 6.90. The lowest BCUT2D eigenvalue weighted by molar-refractivity contribution is 0.0991. The molecule has 0 aliphatic rings. The zero-order valence-corrected chi connectivity index (χ0v) is 16.9. The van der Waals surface area contributed by atoms with Crippen LogP contribution in [0.3, 0.4) is 0 Å². The molecule has 1 amide bonds. The number of hydrogen-bond acceptors (Lipinski definition) is 5. The number of nitrogens with one attached hydrogen (secondary N) is 1. The third-order valence-corrected chi connectivity index (χ3v) is 4.51. The van der Waals surface area contributed by atoms with E-state index in [2.05, 4.69) is 31.3 Å². The van der Waals surface area contributed by atoms with Gasteiger partial charge in [0.2, 0.25) is 5.95 Å². The van der Waals surface area contributed by atoms with Gasteiger partial charge in [0, 0.05) is 4.47 Å². The molecule has 0 bridgehead atoms. The van der Waals surface area contributed by atoms with E-state index in [0.717, 1.165) is 10.0 Å². The number of benzene rings is 2. The molecule has 7 nitrogen and oxygen atoms in total. The molecule has 0 spiro atoms. The maximum atomic E-state index is 12.4. The first-order valence-corrected chi connectivity index (χ1v) is 9.67. The predicted molar refractivity (Wildman–Crippen MR) is 111 cm³/mol. The standard InChI is InChI=1S/C21H17BrN4O3/c22-16-7-4-8-17(11-16)28-13-18-9-10-19(29-18)20(27)24-21-23-14-26(25-21)12-15-5-2-1-3-6-15/h1-11,14H,12-13H2,(H,24,25,27). The van der Waals surface area contributed by atoms with Gasteiger partial charge in [0.1, 0.15) is 24.4 Å². The van der Waals surface area contributed by atoms with Crippen LogP contribution in [-0.2, 0) is 13.2 Å². The van der Waals surface area contributed by atoms with E-state index in [0.29, 0.717) is 18.1 Å². The first-order valence-electron chi connectivity index (χ1n) is 8.87. The Morgan fingerprint density at radius 3 is 2.79 bits per heavy atom. The fourth-order valence-electron chi connectivity index (χ4n) is 2.65. The van der Waals surface area contributed by atoms with E-state index in [4.69, 9.17) is 9.15 Å². The molecule has 0 fully saturated rings. The van der Waals surface area contributed by atoms with Crippen molar-refractivity contribution in [1.82, 2.24) is 14.8 Å². The molecular weight excluding hydrogens is 436 g/mol. The molecule has 4 aromatic rings. The number of nitrogens with zero attached hydrogens (tertiary/aromatic N) is 3. The van der Waals surface area contributed by atoms with E-state index in [1.165, 1.54) is 0 Å². The Morgan fingerprint density at radius 2 is 1.97 bits per heavy atom. The van der Waals surface area contributed by atoms with Crippen molar-refractivity contribution >= 4 is 27.8 Å². The average molecular weight is 453 g/mol. The zero-order chi connectivity index (χ0) is 20.1. The van der Waals surface area contributed by atoms with Crippen LogP contribution in [0.4, 0.5) is 5.95 Å². The Morgan fingerprint density at radius 1 is 1.10 bits per heavy atom. The molecule has 0 radical (unpaired) electrons. The lowest BCUT2D eigenvalue weighted by Crippen LogP contribution is -2.12. The first kappa shape index (κ1) is 18.9. The van der Waals surface area contributed by atoms with Crippen LogP contribution in [0.5, 0.6) is 5.75 Å². The highest BCUT2D eigenvalue weighted by Crippen LogP contribution is 2.19. The van der Waals surface area contributed by atoms with Crippen LogP contribution in [0.2, 0.25) is 0 Å². The van der Waals surface area contributed by atoms with E-state index < -0.39 is 5.91 Å². The third-order valence-electron chi connectivity index (χ3n) is 4.01. The number of aromatic nitrogens is 3. The maximum Gasteiger partial charge on any atom is 0.293 e. The molecule has 2 aromatic carbocycles. The van der Waals surface area contributed by atoms with Gasteiger partial charge < -0.3 is 9.15 Å². The smallest absolute Gasteiger partial charge is 0.293 e. The number of ether oxygens (including phenoxy) is 1. The summed E-state index contributed by atoms with van der Waals surface area (Å²) < 4.78 is 13.8. The molecule has 29 heavy (non-hydrogen) atoms. The van der Waals surface area contributed by atoms with Crippen LogP contribution >= 0.6 is 15.9 Å². The Bertz CT molecular complexity index is 1110. The molecule has 0 atom stereocenters. The van der Waals surface area contributed by atoms with E-state index in [1.54, 1.807) is 23.1 Å². The monoisotopic (exact) mass is 452 g/mol. The minimum Gasteiger partial charge on any atom is -0.486 e. The Balaban J connectivity index is 1.33. The van der Waals surface area contributed by atoms with E-state index in [1.807, 2.05) is 54.6 Å². The summed E-state index contributed by atoms with van der Waals surface area (Å²) in [7, 11) is 0. The summed E-state index contributed by atoms with van der Waals surface area (Å²) in [6, 6.07) is 20.7. The van der Waals surface area contributed by atoms with Gasteiger partial charge in [-0.2, -0.15) is 0 Å². The van der Waals surface area contributed by atoms with Crippen molar-refractivity contribution in [2.45, 2.75) is 13.2 Å². The van der Waals surface area contributed by atoms with Gasteiger partial charge in [-0.15, -0.1) is 5.10 Å². The molecule has 2 aromatic heterocycles. The van der Waals surface area contributed by atoms with E-state index in [-0.39, 0.29) is 18.3 Å².